The molecule has 0 aromatic heterocycles. The number of aryl methyl sites for hydroxylation is 1. The molecular weight excluding hydrogens is 191 g/mol. The van der Waals surface area contributed by atoms with Crippen molar-refractivity contribution in [1.82, 2.24) is 0 Å². The second-order valence-electron chi connectivity index (χ2n) is 4.41. The number of ketones is 1. The van der Waals surface area contributed by atoms with Crippen LogP contribution in [0.2, 0.25) is 0 Å². The van der Waals surface area contributed by atoms with E-state index in [-0.39, 0.29) is 17.7 Å². The third kappa shape index (κ3) is 1.81. The standard InChI is InChI=1S/C13H15FO/c1-8-7-10(3-5-12(8)14)11-4-6-13(15)9(11)2/h3,5,7,9,11H,4,6H2,1-2H3. The minimum atomic E-state index is -0.171. The maximum atomic E-state index is 13.1. The molecule has 0 radical (unpaired) electrons. The molecule has 0 aliphatic heterocycles. The van der Waals surface area contributed by atoms with Crippen molar-refractivity contribution in [2.24, 2.45) is 5.92 Å². The van der Waals surface area contributed by atoms with Crippen LogP contribution in [0.5, 0.6) is 0 Å². The summed E-state index contributed by atoms with van der Waals surface area (Å²) >= 11 is 0. The Morgan fingerprint density at radius 2 is 2.13 bits per heavy atom. The zero-order valence-electron chi connectivity index (χ0n) is 9.09. The van der Waals surface area contributed by atoms with Crippen molar-refractivity contribution in [3.05, 3.63) is 35.1 Å². The van der Waals surface area contributed by atoms with Gasteiger partial charge in [-0.1, -0.05) is 19.1 Å². The molecule has 0 saturated heterocycles. The second-order valence-corrected chi connectivity index (χ2v) is 4.41. The fourth-order valence-corrected chi connectivity index (χ4v) is 2.35. The lowest BCUT2D eigenvalue weighted by molar-refractivity contribution is -0.120. The van der Waals surface area contributed by atoms with Crippen LogP contribution in [0.1, 0.15) is 36.8 Å². The minimum Gasteiger partial charge on any atom is -0.299 e. The van der Waals surface area contributed by atoms with E-state index in [9.17, 15) is 9.18 Å². The topological polar surface area (TPSA) is 17.1 Å². The van der Waals surface area contributed by atoms with E-state index in [1.54, 1.807) is 6.92 Å². The van der Waals surface area contributed by atoms with Crippen LogP contribution in [0.4, 0.5) is 4.39 Å². The minimum absolute atomic E-state index is 0.0925. The molecule has 0 N–H and O–H groups in total. The molecule has 0 bridgehead atoms. The predicted octanol–water partition coefficient (Wildman–Crippen LogP) is 3.22. The molecule has 0 amide bonds. The highest BCUT2D eigenvalue weighted by Crippen LogP contribution is 2.37. The Hall–Kier alpha value is -1.18. The van der Waals surface area contributed by atoms with Crippen LogP contribution in [-0.2, 0) is 4.79 Å². The van der Waals surface area contributed by atoms with Gasteiger partial charge in [-0.2, -0.15) is 0 Å². The van der Waals surface area contributed by atoms with Crippen LogP contribution < -0.4 is 0 Å². The number of rotatable bonds is 1. The van der Waals surface area contributed by atoms with Crippen LogP contribution in [0.25, 0.3) is 0 Å². The molecule has 2 rings (SSSR count). The van der Waals surface area contributed by atoms with Gasteiger partial charge in [-0.3, -0.25) is 4.79 Å². The van der Waals surface area contributed by atoms with Crippen molar-refractivity contribution in [2.75, 3.05) is 0 Å². The average Bonchev–Trinajstić information content (AvgIpc) is 2.53. The highest BCUT2D eigenvalue weighted by molar-refractivity contribution is 5.84. The molecule has 1 aliphatic rings. The molecular formula is C13H15FO. The van der Waals surface area contributed by atoms with Gasteiger partial charge in [0.2, 0.25) is 0 Å². The van der Waals surface area contributed by atoms with Gasteiger partial charge < -0.3 is 0 Å². The Morgan fingerprint density at radius 3 is 2.67 bits per heavy atom. The van der Waals surface area contributed by atoms with Crippen molar-refractivity contribution in [3.8, 4) is 0 Å². The molecule has 2 atom stereocenters. The highest BCUT2D eigenvalue weighted by atomic mass is 19.1. The van der Waals surface area contributed by atoms with Crippen molar-refractivity contribution in [2.45, 2.75) is 32.6 Å². The van der Waals surface area contributed by atoms with Gasteiger partial charge in [0.1, 0.15) is 11.6 Å². The van der Waals surface area contributed by atoms with E-state index >= 15 is 0 Å². The quantitative estimate of drug-likeness (QED) is 0.689. The first-order chi connectivity index (χ1) is 7.09. The van der Waals surface area contributed by atoms with Gasteiger partial charge >= 0.3 is 0 Å². The summed E-state index contributed by atoms with van der Waals surface area (Å²) in [4.78, 5) is 11.4. The SMILES string of the molecule is Cc1cc(C2CCC(=O)C2C)ccc1F. The third-order valence-corrected chi connectivity index (χ3v) is 3.42. The summed E-state index contributed by atoms with van der Waals surface area (Å²) in [5, 5.41) is 0. The summed E-state index contributed by atoms with van der Waals surface area (Å²) in [5.41, 5.74) is 1.77. The number of carbonyl (C=O) groups is 1. The first-order valence-electron chi connectivity index (χ1n) is 5.38. The predicted molar refractivity (Wildman–Crippen MR) is 57.3 cm³/mol. The van der Waals surface area contributed by atoms with E-state index in [2.05, 4.69) is 0 Å². The summed E-state index contributed by atoms with van der Waals surface area (Å²) in [6.45, 7) is 3.74. The number of Topliss-reactive ketones (excluding diaryl/α,β-unsaturated/α-hetero) is 1. The highest BCUT2D eigenvalue weighted by Gasteiger charge is 2.31. The van der Waals surface area contributed by atoms with Crippen molar-refractivity contribution < 1.29 is 9.18 Å². The van der Waals surface area contributed by atoms with Crippen LogP contribution in [0, 0.1) is 18.7 Å². The molecule has 2 unspecified atom stereocenters. The third-order valence-electron chi connectivity index (χ3n) is 3.42. The number of benzene rings is 1. The average molecular weight is 206 g/mol. The molecule has 1 aromatic carbocycles. The Labute approximate surface area is 89.3 Å². The largest absolute Gasteiger partial charge is 0.299 e. The van der Waals surface area contributed by atoms with Gasteiger partial charge in [0.25, 0.3) is 0 Å². The molecule has 1 saturated carbocycles. The Balaban J connectivity index is 2.30. The van der Waals surface area contributed by atoms with Gasteiger partial charge in [0.15, 0.2) is 0 Å². The van der Waals surface area contributed by atoms with Gasteiger partial charge in [0.05, 0.1) is 0 Å². The molecule has 80 valence electrons. The smallest absolute Gasteiger partial charge is 0.136 e. The Bertz CT molecular complexity index is 398. The van der Waals surface area contributed by atoms with E-state index < -0.39 is 0 Å². The van der Waals surface area contributed by atoms with Gasteiger partial charge in [-0.25, -0.2) is 4.39 Å². The molecule has 1 fully saturated rings. The lowest BCUT2D eigenvalue weighted by Crippen LogP contribution is -2.09. The fourth-order valence-electron chi connectivity index (χ4n) is 2.35. The summed E-state index contributed by atoms with van der Waals surface area (Å²) < 4.78 is 13.1. The van der Waals surface area contributed by atoms with Crippen molar-refractivity contribution in [1.29, 1.82) is 0 Å². The van der Waals surface area contributed by atoms with Crippen molar-refractivity contribution >= 4 is 5.78 Å². The molecule has 15 heavy (non-hydrogen) atoms. The Kier molecular flexibility index (Phi) is 2.59. The zero-order chi connectivity index (χ0) is 11.0. The van der Waals surface area contributed by atoms with E-state index in [1.807, 2.05) is 19.1 Å². The van der Waals surface area contributed by atoms with Gasteiger partial charge in [0, 0.05) is 12.3 Å². The molecule has 1 aliphatic carbocycles. The Morgan fingerprint density at radius 1 is 1.40 bits per heavy atom. The van der Waals surface area contributed by atoms with E-state index in [1.165, 1.54) is 6.07 Å². The maximum Gasteiger partial charge on any atom is 0.136 e. The van der Waals surface area contributed by atoms with Gasteiger partial charge in [-0.15, -0.1) is 0 Å². The van der Waals surface area contributed by atoms with Crippen LogP contribution in [0.3, 0.4) is 0 Å². The van der Waals surface area contributed by atoms with Crippen LogP contribution in [-0.4, -0.2) is 5.78 Å². The number of carbonyl (C=O) groups excluding carboxylic acids is 1. The lowest BCUT2D eigenvalue weighted by atomic mass is 9.89. The molecule has 0 spiro atoms. The summed E-state index contributed by atoms with van der Waals surface area (Å²) in [6, 6.07) is 5.18. The van der Waals surface area contributed by atoms with E-state index in [0.29, 0.717) is 17.8 Å². The van der Waals surface area contributed by atoms with Crippen molar-refractivity contribution in [3.63, 3.8) is 0 Å². The lowest BCUT2D eigenvalue weighted by Gasteiger charge is -2.15. The number of hydrogen-bond donors (Lipinski definition) is 0. The molecule has 0 heterocycles. The van der Waals surface area contributed by atoms with Gasteiger partial charge in [-0.05, 0) is 36.5 Å². The fraction of sp³-hybridized carbons (Fsp3) is 0.462. The zero-order valence-corrected chi connectivity index (χ0v) is 9.09. The van der Waals surface area contributed by atoms with E-state index in [0.717, 1.165) is 12.0 Å². The maximum absolute atomic E-state index is 13.1. The number of hydrogen-bond acceptors (Lipinski definition) is 1. The summed E-state index contributed by atoms with van der Waals surface area (Å²) in [7, 11) is 0. The number of halogens is 1. The molecule has 1 nitrogen and oxygen atoms in total. The normalized spacial score (nSPS) is 25.9. The molecule has 2 heteroatoms. The first kappa shape index (κ1) is 10.3. The first-order valence-corrected chi connectivity index (χ1v) is 5.38. The molecule has 1 aromatic rings. The monoisotopic (exact) mass is 206 g/mol. The van der Waals surface area contributed by atoms with E-state index in [4.69, 9.17) is 0 Å². The summed E-state index contributed by atoms with van der Waals surface area (Å²) in [5.74, 6) is 0.546. The van der Waals surface area contributed by atoms with Crippen LogP contribution in [0.15, 0.2) is 18.2 Å². The second kappa shape index (κ2) is 3.76. The summed E-state index contributed by atoms with van der Waals surface area (Å²) in [6.07, 6.45) is 1.58. The van der Waals surface area contributed by atoms with Crippen LogP contribution >= 0.6 is 0 Å².